The maximum atomic E-state index is 11.4. The Morgan fingerprint density at radius 1 is 1.35 bits per heavy atom. The van der Waals surface area contributed by atoms with Crippen LogP contribution in [0.25, 0.3) is 0 Å². The number of primary amides is 1. The average Bonchev–Trinajstić information content (AvgIpc) is 2.98. The van der Waals surface area contributed by atoms with Crippen molar-refractivity contribution in [3.63, 3.8) is 0 Å². The van der Waals surface area contributed by atoms with Crippen molar-refractivity contribution >= 4 is 19.9 Å². The van der Waals surface area contributed by atoms with Gasteiger partial charge in [0, 0.05) is 6.21 Å². The van der Waals surface area contributed by atoms with E-state index in [2.05, 4.69) is 9.52 Å². The highest BCUT2D eigenvalue weighted by molar-refractivity contribution is 7.46. The monoisotopic (exact) mass is 390 g/mol. The van der Waals surface area contributed by atoms with E-state index in [1.807, 2.05) is 0 Å². The molecular formula is C15H23N2O8P. The molecule has 146 valence electrons. The molecule has 2 rings (SSSR count). The Kier molecular flexibility index (Phi) is 6.51. The minimum atomic E-state index is -4.66. The Balaban J connectivity index is 2.16. The van der Waals surface area contributed by atoms with Crippen LogP contribution in [0.5, 0.6) is 0 Å². The summed E-state index contributed by atoms with van der Waals surface area (Å²) >= 11 is 0. The van der Waals surface area contributed by atoms with E-state index in [0.717, 1.165) is 0 Å². The van der Waals surface area contributed by atoms with Gasteiger partial charge in [0.25, 0.3) is 0 Å². The van der Waals surface area contributed by atoms with Crippen LogP contribution in [0.4, 0.5) is 0 Å². The number of rotatable bonds is 7. The molecule has 10 nitrogen and oxygen atoms in total. The molecule has 1 amide bonds. The minimum absolute atomic E-state index is 0.163. The molecule has 2 fully saturated rings. The summed E-state index contributed by atoms with van der Waals surface area (Å²) < 4.78 is 32.6. The van der Waals surface area contributed by atoms with Gasteiger partial charge in [-0.15, -0.1) is 0 Å². The summed E-state index contributed by atoms with van der Waals surface area (Å²) in [7, 11) is -4.66. The molecule has 26 heavy (non-hydrogen) atoms. The van der Waals surface area contributed by atoms with Crippen molar-refractivity contribution < 1.29 is 37.9 Å². The van der Waals surface area contributed by atoms with Crippen LogP contribution in [-0.2, 0) is 28.1 Å². The lowest BCUT2D eigenvalue weighted by atomic mass is 10.1. The number of carbonyl (C=O) groups excluding carboxylic acids is 1. The van der Waals surface area contributed by atoms with Crippen LogP contribution in [0.2, 0.25) is 0 Å². The lowest BCUT2D eigenvalue weighted by Gasteiger charge is -2.23. The number of aliphatic imine (C=N–C) groups is 1. The Labute approximate surface area is 150 Å². The van der Waals surface area contributed by atoms with Crippen LogP contribution in [0.1, 0.15) is 20.8 Å². The number of phosphoric ester groups is 1. The first kappa shape index (κ1) is 20.9. The Bertz CT molecular complexity index is 669. The highest BCUT2D eigenvalue weighted by Crippen LogP contribution is 2.42. The fraction of sp³-hybridized carbons (Fsp3) is 0.600. The highest BCUT2D eigenvalue weighted by atomic mass is 31.2. The molecule has 0 spiro atoms. The number of nitrogens with two attached hydrogens (primary N) is 1. The van der Waals surface area contributed by atoms with Crippen LogP contribution >= 0.6 is 7.82 Å². The van der Waals surface area contributed by atoms with Gasteiger partial charge in [0.2, 0.25) is 5.91 Å². The molecule has 0 radical (unpaired) electrons. The van der Waals surface area contributed by atoms with E-state index in [0.29, 0.717) is 0 Å². The number of phosphoric acid groups is 1. The van der Waals surface area contributed by atoms with Gasteiger partial charge in [-0.05, 0) is 26.8 Å². The number of fused-ring (bicyclic) bond motifs is 1. The number of hydrogen-bond acceptors (Lipinski definition) is 7. The molecule has 0 aromatic heterocycles. The number of allylic oxidation sites excluding steroid dienone is 3. The fourth-order valence-electron chi connectivity index (χ4n) is 2.63. The lowest BCUT2D eigenvalue weighted by Crippen LogP contribution is -2.32. The van der Waals surface area contributed by atoms with Gasteiger partial charge in [-0.1, -0.05) is 12.2 Å². The second-order valence-electron chi connectivity index (χ2n) is 6.21. The van der Waals surface area contributed by atoms with E-state index >= 15 is 0 Å². The van der Waals surface area contributed by atoms with Crippen molar-refractivity contribution in [3.8, 4) is 0 Å². The first-order valence-corrected chi connectivity index (χ1v) is 9.42. The van der Waals surface area contributed by atoms with E-state index in [4.69, 9.17) is 29.7 Å². The van der Waals surface area contributed by atoms with Gasteiger partial charge >= 0.3 is 7.82 Å². The third kappa shape index (κ3) is 5.55. The highest BCUT2D eigenvalue weighted by Gasteiger charge is 2.55. The topological polar surface area (TPSA) is 150 Å². The zero-order chi connectivity index (χ0) is 19.5. The van der Waals surface area contributed by atoms with E-state index in [1.165, 1.54) is 12.3 Å². The van der Waals surface area contributed by atoms with Gasteiger partial charge in [0.15, 0.2) is 12.0 Å². The SMILES string of the molecule is C\C=C/C=C(\C=N\[C@@H]1OC(COP(=O)(O)O)[C@H]2OC(C)(C)OC21)C(N)=O. The summed E-state index contributed by atoms with van der Waals surface area (Å²) in [5, 5.41) is 0. The summed E-state index contributed by atoms with van der Waals surface area (Å²) in [5.41, 5.74) is 5.46. The van der Waals surface area contributed by atoms with Gasteiger partial charge in [-0.25, -0.2) is 4.57 Å². The smallest absolute Gasteiger partial charge is 0.366 e. The molecule has 0 aliphatic carbocycles. The van der Waals surface area contributed by atoms with Crippen LogP contribution in [0.15, 0.2) is 28.8 Å². The number of hydrogen-bond donors (Lipinski definition) is 3. The summed E-state index contributed by atoms with van der Waals surface area (Å²) in [6, 6.07) is 0. The second-order valence-corrected chi connectivity index (χ2v) is 7.45. The van der Waals surface area contributed by atoms with Crippen LogP contribution in [-0.4, -0.2) is 58.8 Å². The minimum Gasteiger partial charge on any atom is -0.366 e. The summed E-state index contributed by atoms with van der Waals surface area (Å²) in [6.45, 7) is 4.80. The van der Waals surface area contributed by atoms with Gasteiger partial charge < -0.3 is 29.7 Å². The van der Waals surface area contributed by atoms with Gasteiger partial charge in [-0.3, -0.25) is 14.3 Å². The number of carbonyl (C=O) groups is 1. The molecule has 0 aromatic rings. The van der Waals surface area contributed by atoms with Crippen LogP contribution in [0, 0.1) is 0 Å². The first-order chi connectivity index (χ1) is 12.0. The van der Waals surface area contributed by atoms with Crippen molar-refractivity contribution in [2.24, 2.45) is 10.7 Å². The van der Waals surface area contributed by atoms with Gasteiger partial charge in [-0.2, -0.15) is 0 Å². The molecule has 4 N–H and O–H groups in total. The van der Waals surface area contributed by atoms with E-state index < -0.39 is 50.7 Å². The Morgan fingerprint density at radius 2 is 2.00 bits per heavy atom. The van der Waals surface area contributed by atoms with Crippen molar-refractivity contribution in [2.75, 3.05) is 6.61 Å². The van der Waals surface area contributed by atoms with Crippen LogP contribution < -0.4 is 5.73 Å². The fourth-order valence-corrected chi connectivity index (χ4v) is 2.97. The van der Waals surface area contributed by atoms with Crippen molar-refractivity contribution in [2.45, 2.75) is 51.1 Å². The molecule has 2 heterocycles. The zero-order valence-electron chi connectivity index (χ0n) is 14.6. The molecular weight excluding hydrogens is 367 g/mol. The maximum Gasteiger partial charge on any atom is 0.469 e. The van der Waals surface area contributed by atoms with Crippen LogP contribution in [0.3, 0.4) is 0 Å². The summed E-state index contributed by atoms with van der Waals surface area (Å²) in [6.07, 6.45) is 3.24. The number of nitrogens with zero attached hydrogens (tertiary/aromatic N) is 1. The summed E-state index contributed by atoms with van der Waals surface area (Å²) in [5.74, 6) is -1.58. The number of ether oxygens (including phenoxy) is 3. The normalized spacial score (nSPS) is 31.8. The van der Waals surface area contributed by atoms with Gasteiger partial charge in [0.1, 0.15) is 18.3 Å². The number of amides is 1. The average molecular weight is 390 g/mol. The molecule has 2 unspecified atom stereocenters. The van der Waals surface area contributed by atoms with E-state index in [9.17, 15) is 9.36 Å². The Hall–Kier alpha value is -1.39. The zero-order valence-corrected chi connectivity index (χ0v) is 15.5. The van der Waals surface area contributed by atoms with Gasteiger partial charge in [0.05, 0.1) is 12.2 Å². The van der Waals surface area contributed by atoms with E-state index in [1.54, 1.807) is 32.9 Å². The van der Waals surface area contributed by atoms with Crippen molar-refractivity contribution in [3.05, 3.63) is 23.8 Å². The molecule has 0 aromatic carbocycles. The predicted molar refractivity (Wildman–Crippen MR) is 91.1 cm³/mol. The van der Waals surface area contributed by atoms with Crippen molar-refractivity contribution in [1.82, 2.24) is 0 Å². The second kappa shape index (κ2) is 8.10. The quantitative estimate of drug-likeness (QED) is 0.245. The maximum absolute atomic E-state index is 11.4. The third-order valence-electron chi connectivity index (χ3n) is 3.65. The first-order valence-electron chi connectivity index (χ1n) is 7.89. The standard InChI is InChI=1S/C15H23N2O8P/c1-4-5-6-9(13(16)18)7-17-14-12-11(24-15(2,3)25-12)10(23-14)8-22-26(19,20)21/h4-7,10-12,14H,8H2,1-3H3,(H2,16,18)(H2,19,20,21)/b5-4-,9-6+,17-7+/t10?,11-,12?,14-/m1/s1. The largest absolute Gasteiger partial charge is 0.469 e. The Morgan fingerprint density at radius 3 is 2.58 bits per heavy atom. The molecule has 2 aliphatic rings. The molecule has 4 atom stereocenters. The molecule has 0 bridgehead atoms. The molecule has 2 aliphatic heterocycles. The van der Waals surface area contributed by atoms with Crippen molar-refractivity contribution in [1.29, 1.82) is 0 Å². The summed E-state index contributed by atoms with van der Waals surface area (Å²) in [4.78, 5) is 33.4. The molecule has 11 heteroatoms. The molecule has 2 saturated heterocycles. The van der Waals surface area contributed by atoms with E-state index in [-0.39, 0.29) is 5.57 Å². The lowest BCUT2D eigenvalue weighted by molar-refractivity contribution is -0.188. The predicted octanol–water partition coefficient (Wildman–Crippen LogP) is 0.399. The third-order valence-corrected chi connectivity index (χ3v) is 4.13. The molecule has 0 saturated carbocycles.